The first-order valence-electron chi connectivity index (χ1n) is 6.44. The summed E-state index contributed by atoms with van der Waals surface area (Å²) in [6, 6.07) is 12.1. The number of carbonyl (C=O) groups is 1. The van der Waals surface area contributed by atoms with Gasteiger partial charge in [-0.15, -0.1) is 0 Å². The lowest BCUT2D eigenvalue weighted by molar-refractivity contribution is -0.145. The van der Waals surface area contributed by atoms with Crippen LogP contribution in [0, 0.1) is 0 Å². The van der Waals surface area contributed by atoms with Crippen molar-refractivity contribution >= 4 is 27.0 Å². The first kappa shape index (κ1) is 13.6. The molecule has 4 heteroatoms. The molecule has 2 rings (SSSR count). The van der Waals surface area contributed by atoms with E-state index in [0.717, 1.165) is 38.6 Å². The fourth-order valence-electron chi connectivity index (χ4n) is 2.07. The highest BCUT2D eigenvalue weighted by molar-refractivity contribution is 6.08. The third-order valence-electron chi connectivity index (χ3n) is 2.96. The molecule has 3 nitrogen and oxygen atoms in total. The Balaban J connectivity index is 2.30. The Morgan fingerprint density at radius 2 is 1.89 bits per heavy atom. The minimum absolute atomic E-state index is 0.223. The van der Waals surface area contributed by atoms with Crippen LogP contribution in [-0.2, 0) is 9.53 Å². The highest BCUT2D eigenvalue weighted by Crippen LogP contribution is 2.25. The SMILES string of the molecule is CC(=O)OC(C)c1ccc2cc(OC[SiH3])ccc2c1. The predicted octanol–water partition coefficient (Wildman–Crippen LogP) is 2.17. The molecule has 0 aliphatic rings. The van der Waals surface area contributed by atoms with Crippen molar-refractivity contribution in [1.29, 1.82) is 0 Å². The second-order valence-corrected chi connectivity index (χ2v) is 5.03. The Bertz CT molecular complexity index is 595. The molecule has 0 amide bonds. The molecule has 100 valence electrons. The van der Waals surface area contributed by atoms with Crippen LogP contribution in [0.4, 0.5) is 0 Å². The zero-order valence-electron chi connectivity index (χ0n) is 11.5. The van der Waals surface area contributed by atoms with Crippen molar-refractivity contribution in [2.75, 3.05) is 6.23 Å². The molecule has 2 aromatic rings. The fraction of sp³-hybridized carbons (Fsp3) is 0.267. The lowest BCUT2D eigenvalue weighted by Gasteiger charge is -2.13. The molecule has 0 aliphatic heterocycles. The van der Waals surface area contributed by atoms with E-state index < -0.39 is 0 Å². The number of fused-ring (bicyclic) bond motifs is 1. The summed E-state index contributed by atoms with van der Waals surface area (Å²) in [6.45, 7) is 3.30. The van der Waals surface area contributed by atoms with Crippen LogP contribution in [0.2, 0.25) is 0 Å². The predicted molar refractivity (Wildman–Crippen MR) is 79.6 cm³/mol. The summed E-state index contributed by atoms with van der Waals surface area (Å²) in [5, 5.41) is 2.25. The van der Waals surface area contributed by atoms with E-state index in [9.17, 15) is 4.79 Å². The van der Waals surface area contributed by atoms with Crippen molar-refractivity contribution in [3.8, 4) is 5.75 Å². The van der Waals surface area contributed by atoms with Gasteiger partial charge in [-0.25, -0.2) is 0 Å². The standard InChI is InChI=1S/C15H18O3Si/c1-10(18-11(2)16)12-3-4-14-8-15(17-9-19)6-5-13(14)7-12/h3-8,10H,9H2,1-2,19H3. The van der Waals surface area contributed by atoms with Crippen molar-refractivity contribution < 1.29 is 14.3 Å². The summed E-state index contributed by atoms with van der Waals surface area (Å²) < 4.78 is 10.7. The van der Waals surface area contributed by atoms with E-state index in [4.69, 9.17) is 9.47 Å². The molecule has 19 heavy (non-hydrogen) atoms. The lowest BCUT2D eigenvalue weighted by atomic mass is 10.0. The average Bonchev–Trinajstić information content (AvgIpc) is 2.37. The van der Waals surface area contributed by atoms with Gasteiger partial charge in [0.25, 0.3) is 0 Å². The van der Waals surface area contributed by atoms with Crippen LogP contribution in [0.15, 0.2) is 36.4 Å². The highest BCUT2D eigenvalue weighted by atomic mass is 28.1. The van der Waals surface area contributed by atoms with Gasteiger partial charge in [-0.1, -0.05) is 18.2 Å². The molecular weight excluding hydrogens is 256 g/mol. The minimum Gasteiger partial charge on any atom is -0.498 e. The number of rotatable bonds is 4. The maximum atomic E-state index is 11.0. The quantitative estimate of drug-likeness (QED) is 0.633. The first-order valence-corrected chi connectivity index (χ1v) is 7.85. The Morgan fingerprint density at radius 1 is 1.21 bits per heavy atom. The fourth-order valence-corrected chi connectivity index (χ4v) is 2.40. The summed E-state index contributed by atoms with van der Waals surface area (Å²) in [6.07, 6.45) is 0.576. The Morgan fingerprint density at radius 3 is 2.58 bits per heavy atom. The van der Waals surface area contributed by atoms with E-state index in [2.05, 4.69) is 0 Å². The maximum Gasteiger partial charge on any atom is 0.303 e. The van der Waals surface area contributed by atoms with Gasteiger partial charge >= 0.3 is 5.97 Å². The topological polar surface area (TPSA) is 35.5 Å². The third kappa shape index (κ3) is 3.35. The van der Waals surface area contributed by atoms with Gasteiger partial charge in [0.1, 0.15) is 11.9 Å². The van der Waals surface area contributed by atoms with Gasteiger partial charge in [-0.2, -0.15) is 0 Å². The number of esters is 1. The number of carbonyl (C=O) groups excluding carboxylic acids is 1. The van der Waals surface area contributed by atoms with Crippen molar-refractivity contribution in [3.05, 3.63) is 42.0 Å². The van der Waals surface area contributed by atoms with Crippen molar-refractivity contribution in [1.82, 2.24) is 0 Å². The molecular formula is C15H18O3Si. The number of benzene rings is 2. The van der Waals surface area contributed by atoms with Gasteiger partial charge in [-0.3, -0.25) is 4.79 Å². The monoisotopic (exact) mass is 274 g/mol. The van der Waals surface area contributed by atoms with Gasteiger partial charge < -0.3 is 9.47 Å². The molecule has 0 saturated heterocycles. The normalized spacial score (nSPS) is 12.3. The minimum atomic E-state index is -0.261. The largest absolute Gasteiger partial charge is 0.498 e. The van der Waals surface area contributed by atoms with Crippen LogP contribution in [0.1, 0.15) is 25.5 Å². The summed E-state index contributed by atoms with van der Waals surface area (Å²) in [5.41, 5.74) is 0.999. The van der Waals surface area contributed by atoms with Crippen LogP contribution in [-0.4, -0.2) is 22.4 Å². The van der Waals surface area contributed by atoms with Crippen molar-refractivity contribution in [2.24, 2.45) is 0 Å². The van der Waals surface area contributed by atoms with E-state index in [1.807, 2.05) is 43.3 Å². The van der Waals surface area contributed by atoms with Crippen LogP contribution in [0.3, 0.4) is 0 Å². The van der Waals surface area contributed by atoms with E-state index in [1.54, 1.807) is 0 Å². The second kappa shape index (κ2) is 5.89. The zero-order valence-corrected chi connectivity index (χ0v) is 13.5. The Labute approximate surface area is 115 Å². The first-order chi connectivity index (χ1) is 9.10. The molecule has 0 aromatic heterocycles. The van der Waals surface area contributed by atoms with Crippen molar-refractivity contribution in [2.45, 2.75) is 20.0 Å². The molecule has 0 aliphatic carbocycles. The van der Waals surface area contributed by atoms with E-state index in [1.165, 1.54) is 6.92 Å². The smallest absolute Gasteiger partial charge is 0.303 e. The Hall–Kier alpha value is -1.81. The summed E-state index contributed by atoms with van der Waals surface area (Å²) in [7, 11) is 1.03. The maximum absolute atomic E-state index is 11.0. The van der Waals surface area contributed by atoms with Crippen LogP contribution < -0.4 is 4.74 Å². The summed E-state index contributed by atoms with van der Waals surface area (Å²) in [5.74, 6) is 0.645. The summed E-state index contributed by atoms with van der Waals surface area (Å²) >= 11 is 0. The van der Waals surface area contributed by atoms with E-state index in [0.29, 0.717) is 0 Å². The number of ether oxygens (including phenoxy) is 2. The molecule has 0 spiro atoms. The molecule has 0 radical (unpaired) electrons. The van der Waals surface area contributed by atoms with Gasteiger partial charge in [-0.05, 0) is 41.5 Å². The molecule has 0 N–H and O–H groups in total. The average molecular weight is 274 g/mol. The number of hydrogen-bond acceptors (Lipinski definition) is 3. The van der Waals surface area contributed by atoms with Gasteiger partial charge in [0.15, 0.2) is 0 Å². The molecule has 0 fully saturated rings. The summed E-state index contributed by atoms with van der Waals surface area (Å²) in [4.78, 5) is 11.0. The third-order valence-corrected chi connectivity index (χ3v) is 3.25. The molecule has 1 unspecified atom stereocenters. The van der Waals surface area contributed by atoms with Gasteiger partial charge in [0.05, 0.1) is 16.5 Å². The Kier molecular flexibility index (Phi) is 4.22. The highest BCUT2D eigenvalue weighted by Gasteiger charge is 2.09. The lowest BCUT2D eigenvalue weighted by Crippen LogP contribution is -2.04. The number of hydrogen-bond donors (Lipinski definition) is 0. The van der Waals surface area contributed by atoms with Crippen LogP contribution in [0.25, 0.3) is 10.8 Å². The van der Waals surface area contributed by atoms with Gasteiger partial charge in [0, 0.05) is 6.92 Å². The van der Waals surface area contributed by atoms with Crippen LogP contribution >= 0.6 is 0 Å². The molecule has 2 aromatic carbocycles. The van der Waals surface area contributed by atoms with E-state index in [-0.39, 0.29) is 12.1 Å². The molecule has 0 heterocycles. The zero-order chi connectivity index (χ0) is 13.8. The molecule has 1 atom stereocenters. The van der Waals surface area contributed by atoms with E-state index >= 15 is 0 Å². The van der Waals surface area contributed by atoms with Crippen molar-refractivity contribution in [3.63, 3.8) is 0 Å². The van der Waals surface area contributed by atoms with Gasteiger partial charge in [0.2, 0.25) is 0 Å². The second-order valence-electron chi connectivity index (χ2n) is 4.45. The molecule has 0 bridgehead atoms. The molecule has 0 saturated carbocycles. The van der Waals surface area contributed by atoms with Crippen LogP contribution in [0.5, 0.6) is 5.75 Å².